The van der Waals surface area contributed by atoms with Crippen molar-refractivity contribution in [2.75, 3.05) is 7.11 Å². The van der Waals surface area contributed by atoms with Gasteiger partial charge in [-0.2, -0.15) is 10.2 Å². The molecular formula is C20H17N3O. The van der Waals surface area contributed by atoms with Gasteiger partial charge in [-0.05, 0) is 54.1 Å². The van der Waals surface area contributed by atoms with Crippen LogP contribution < -0.4 is 4.74 Å². The summed E-state index contributed by atoms with van der Waals surface area (Å²) in [5.74, 6) is 0.815. The molecule has 24 heavy (non-hydrogen) atoms. The van der Waals surface area contributed by atoms with Gasteiger partial charge in [0.15, 0.2) is 0 Å². The van der Waals surface area contributed by atoms with E-state index in [-0.39, 0.29) is 0 Å². The van der Waals surface area contributed by atoms with Crippen molar-refractivity contribution in [1.82, 2.24) is 0 Å². The Balaban J connectivity index is 1.68. The van der Waals surface area contributed by atoms with Crippen LogP contribution in [0.25, 0.3) is 0 Å². The van der Waals surface area contributed by atoms with Crippen molar-refractivity contribution in [3.63, 3.8) is 0 Å². The normalized spacial score (nSPS) is 11.2. The average Bonchev–Trinajstić information content (AvgIpc) is 2.66. The third-order valence-corrected chi connectivity index (χ3v) is 3.34. The number of hydrogen-bond acceptors (Lipinski definition) is 4. The van der Waals surface area contributed by atoms with E-state index in [0.29, 0.717) is 0 Å². The molecule has 0 unspecified atom stereocenters. The van der Waals surface area contributed by atoms with Gasteiger partial charge in [0.05, 0.1) is 24.2 Å². The van der Waals surface area contributed by atoms with Crippen LogP contribution in [0.3, 0.4) is 0 Å². The first-order chi connectivity index (χ1) is 11.8. The molecule has 0 saturated carbocycles. The highest BCUT2D eigenvalue weighted by molar-refractivity contribution is 5.82. The van der Waals surface area contributed by atoms with Gasteiger partial charge in [-0.3, -0.25) is 4.99 Å². The Morgan fingerprint density at radius 2 is 1.38 bits per heavy atom. The Labute approximate surface area is 141 Å². The maximum absolute atomic E-state index is 5.20. The van der Waals surface area contributed by atoms with Crippen molar-refractivity contribution in [3.8, 4) is 5.75 Å². The standard InChI is InChI=1S/C20H17N3O/c1-24-20-9-5-6-16(14-20)15-21-17-10-12-19(13-11-17)23-22-18-7-3-2-4-8-18/h2-15H,1H3. The molecule has 3 rings (SSSR count). The second-order valence-electron chi connectivity index (χ2n) is 5.09. The molecule has 0 aliphatic heterocycles. The van der Waals surface area contributed by atoms with Gasteiger partial charge in [0.25, 0.3) is 0 Å². The highest BCUT2D eigenvalue weighted by Crippen LogP contribution is 2.21. The quantitative estimate of drug-likeness (QED) is 0.429. The summed E-state index contributed by atoms with van der Waals surface area (Å²) in [6.07, 6.45) is 1.81. The molecule has 0 N–H and O–H groups in total. The van der Waals surface area contributed by atoms with E-state index in [1.165, 1.54) is 0 Å². The Kier molecular flexibility index (Phi) is 5.10. The maximum Gasteiger partial charge on any atom is 0.119 e. The van der Waals surface area contributed by atoms with Crippen LogP contribution in [0.2, 0.25) is 0 Å². The van der Waals surface area contributed by atoms with Gasteiger partial charge in [0.2, 0.25) is 0 Å². The van der Waals surface area contributed by atoms with Gasteiger partial charge in [-0.25, -0.2) is 0 Å². The van der Waals surface area contributed by atoms with E-state index in [4.69, 9.17) is 4.74 Å². The monoisotopic (exact) mass is 315 g/mol. The van der Waals surface area contributed by atoms with E-state index < -0.39 is 0 Å². The molecule has 0 aromatic heterocycles. The van der Waals surface area contributed by atoms with Crippen LogP contribution in [0.15, 0.2) is 94.1 Å². The van der Waals surface area contributed by atoms with Crippen LogP contribution in [-0.4, -0.2) is 13.3 Å². The number of azo groups is 1. The van der Waals surface area contributed by atoms with E-state index in [1.54, 1.807) is 7.11 Å². The minimum absolute atomic E-state index is 0.791. The Morgan fingerprint density at radius 3 is 2.08 bits per heavy atom. The van der Waals surface area contributed by atoms with Crippen LogP contribution >= 0.6 is 0 Å². The maximum atomic E-state index is 5.20. The molecule has 0 atom stereocenters. The molecule has 4 nitrogen and oxygen atoms in total. The highest BCUT2D eigenvalue weighted by Gasteiger charge is 1.94. The second kappa shape index (κ2) is 7.83. The summed E-state index contributed by atoms with van der Waals surface area (Å²) in [4.78, 5) is 4.46. The summed E-state index contributed by atoms with van der Waals surface area (Å²) >= 11 is 0. The smallest absolute Gasteiger partial charge is 0.119 e. The van der Waals surface area contributed by atoms with Crippen LogP contribution in [0.4, 0.5) is 17.1 Å². The second-order valence-corrected chi connectivity index (χ2v) is 5.09. The third-order valence-electron chi connectivity index (χ3n) is 3.34. The van der Waals surface area contributed by atoms with Crippen LogP contribution in [0.5, 0.6) is 5.75 Å². The predicted molar refractivity (Wildman–Crippen MR) is 97.3 cm³/mol. The molecule has 0 aliphatic rings. The fourth-order valence-corrected chi connectivity index (χ4v) is 2.09. The molecule has 0 spiro atoms. The van der Waals surface area contributed by atoms with Gasteiger partial charge in [-0.1, -0.05) is 30.3 Å². The molecule has 3 aromatic carbocycles. The van der Waals surface area contributed by atoms with Crippen LogP contribution in [-0.2, 0) is 0 Å². The highest BCUT2D eigenvalue weighted by atomic mass is 16.5. The first-order valence-electron chi connectivity index (χ1n) is 7.58. The molecule has 0 radical (unpaired) electrons. The van der Waals surface area contributed by atoms with Gasteiger partial charge in [0.1, 0.15) is 5.75 Å². The van der Waals surface area contributed by atoms with E-state index in [2.05, 4.69) is 15.2 Å². The number of methoxy groups -OCH3 is 1. The molecule has 4 heteroatoms. The molecule has 0 heterocycles. The fourth-order valence-electron chi connectivity index (χ4n) is 2.09. The van der Waals surface area contributed by atoms with E-state index in [0.717, 1.165) is 28.4 Å². The molecule has 0 saturated heterocycles. The van der Waals surface area contributed by atoms with Crippen LogP contribution in [0.1, 0.15) is 5.56 Å². The molecule has 0 fully saturated rings. The number of nitrogens with zero attached hydrogens (tertiary/aromatic N) is 3. The first-order valence-corrected chi connectivity index (χ1v) is 7.58. The molecular weight excluding hydrogens is 298 g/mol. The Morgan fingerprint density at radius 1 is 0.708 bits per heavy atom. The number of hydrogen-bond donors (Lipinski definition) is 0. The molecule has 3 aromatic rings. The lowest BCUT2D eigenvalue weighted by Crippen LogP contribution is -1.85. The summed E-state index contributed by atoms with van der Waals surface area (Å²) in [6, 6.07) is 25.0. The Hall–Kier alpha value is -3.27. The van der Waals surface area contributed by atoms with Gasteiger partial charge in [0, 0.05) is 6.21 Å². The molecule has 0 bridgehead atoms. The van der Waals surface area contributed by atoms with Crippen molar-refractivity contribution in [3.05, 3.63) is 84.4 Å². The van der Waals surface area contributed by atoms with E-state index in [1.807, 2.05) is 85.1 Å². The third kappa shape index (κ3) is 4.36. The lowest BCUT2D eigenvalue weighted by atomic mass is 10.2. The van der Waals surface area contributed by atoms with Crippen molar-refractivity contribution in [2.45, 2.75) is 0 Å². The number of rotatable bonds is 5. The minimum atomic E-state index is 0.791. The van der Waals surface area contributed by atoms with Crippen molar-refractivity contribution in [1.29, 1.82) is 0 Å². The average molecular weight is 315 g/mol. The van der Waals surface area contributed by atoms with Gasteiger partial charge < -0.3 is 4.74 Å². The van der Waals surface area contributed by atoms with Gasteiger partial charge >= 0.3 is 0 Å². The number of aliphatic imine (C=N–C) groups is 1. The van der Waals surface area contributed by atoms with E-state index in [9.17, 15) is 0 Å². The fraction of sp³-hybridized carbons (Fsp3) is 0.0500. The van der Waals surface area contributed by atoms with Crippen molar-refractivity contribution < 1.29 is 4.74 Å². The van der Waals surface area contributed by atoms with Gasteiger partial charge in [-0.15, -0.1) is 0 Å². The Bertz CT molecular complexity index is 840. The van der Waals surface area contributed by atoms with Crippen LogP contribution in [0, 0.1) is 0 Å². The summed E-state index contributed by atoms with van der Waals surface area (Å²) in [5.41, 5.74) is 3.47. The lowest BCUT2D eigenvalue weighted by Gasteiger charge is -2.00. The SMILES string of the molecule is COc1cccc(C=Nc2ccc(N=Nc3ccccc3)cc2)c1. The molecule has 0 amide bonds. The minimum Gasteiger partial charge on any atom is -0.497 e. The summed E-state index contributed by atoms with van der Waals surface area (Å²) in [5, 5.41) is 8.41. The zero-order valence-electron chi connectivity index (χ0n) is 13.3. The van der Waals surface area contributed by atoms with Crippen molar-refractivity contribution in [2.24, 2.45) is 15.2 Å². The zero-order valence-corrected chi connectivity index (χ0v) is 13.3. The van der Waals surface area contributed by atoms with Crippen molar-refractivity contribution >= 4 is 23.3 Å². The predicted octanol–water partition coefficient (Wildman–Crippen LogP) is 5.86. The summed E-state index contributed by atoms with van der Waals surface area (Å²) in [7, 11) is 1.65. The zero-order chi connectivity index (χ0) is 16.6. The summed E-state index contributed by atoms with van der Waals surface area (Å²) in [6.45, 7) is 0. The number of ether oxygens (including phenoxy) is 1. The lowest BCUT2D eigenvalue weighted by molar-refractivity contribution is 0.415. The first kappa shape index (κ1) is 15.6. The largest absolute Gasteiger partial charge is 0.497 e. The topological polar surface area (TPSA) is 46.3 Å². The van der Waals surface area contributed by atoms with E-state index >= 15 is 0 Å². The summed E-state index contributed by atoms with van der Waals surface area (Å²) < 4.78 is 5.20. The molecule has 118 valence electrons. The number of benzene rings is 3. The molecule has 0 aliphatic carbocycles.